The van der Waals surface area contributed by atoms with Crippen LogP contribution in [0.5, 0.6) is 0 Å². The number of rotatable bonds is 4. The second kappa shape index (κ2) is 7.00. The Bertz CT molecular complexity index is 1280. The van der Waals surface area contributed by atoms with Crippen molar-refractivity contribution in [2.24, 2.45) is 0 Å². The summed E-state index contributed by atoms with van der Waals surface area (Å²) in [5.41, 5.74) is 0.0796. The number of hydrogen-bond acceptors (Lipinski definition) is 6. The van der Waals surface area contributed by atoms with Crippen LogP contribution in [0.2, 0.25) is 0 Å². The van der Waals surface area contributed by atoms with Crippen LogP contribution in [0.3, 0.4) is 0 Å². The van der Waals surface area contributed by atoms with Gasteiger partial charge in [-0.25, -0.2) is 4.98 Å². The molecule has 8 nitrogen and oxygen atoms in total. The van der Waals surface area contributed by atoms with E-state index in [0.29, 0.717) is 5.52 Å². The van der Waals surface area contributed by atoms with Crippen LogP contribution in [0.4, 0.5) is 13.2 Å². The van der Waals surface area contributed by atoms with E-state index in [1.807, 2.05) is 0 Å². The van der Waals surface area contributed by atoms with Crippen LogP contribution in [-0.4, -0.2) is 30.5 Å². The minimum Gasteiger partial charge on any atom is -0.441 e. The van der Waals surface area contributed by atoms with Crippen molar-refractivity contribution in [1.82, 2.24) is 24.5 Å². The summed E-state index contributed by atoms with van der Waals surface area (Å²) in [7, 11) is 0. The van der Waals surface area contributed by atoms with Gasteiger partial charge in [-0.3, -0.25) is 9.59 Å². The molecule has 0 atom stereocenters. The number of ether oxygens (including phenoxy) is 1. The summed E-state index contributed by atoms with van der Waals surface area (Å²) >= 11 is 0. The zero-order valence-electron chi connectivity index (χ0n) is 14.6. The minimum atomic E-state index is -4.75. The van der Waals surface area contributed by atoms with Crippen LogP contribution in [0, 0.1) is 0 Å². The molecule has 0 spiro atoms. The number of esters is 1. The first kappa shape index (κ1) is 18.6. The number of benzene rings is 2. The molecule has 2 aromatic carbocycles. The van der Waals surface area contributed by atoms with Gasteiger partial charge < -0.3 is 9.30 Å². The monoisotopic (exact) mass is 403 g/mol. The Morgan fingerprint density at radius 3 is 2.48 bits per heavy atom. The third-order valence-electron chi connectivity index (χ3n) is 4.17. The summed E-state index contributed by atoms with van der Waals surface area (Å²) in [6, 6.07) is 12.4. The lowest BCUT2D eigenvalue weighted by Crippen LogP contribution is -2.28. The highest BCUT2D eigenvalue weighted by Crippen LogP contribution is 2.31. The number of hydrogen-bond donors (Lipinski definition) is 0. The summed E-state index contributed by atoms with van der Waals surface area (Å²) in [5.74, 6) is -2.20. The molecule has 0 aliphatic rings. The maximum atomic E-state index is 13.3. The number of nitrogens with zero attached hydrogens (tertiary/aromatic N) is 5. The molecule has 0 fully saturated rings. The summed E-state index contributed by atoms with van der Waals surface area (Å²) < 4.78 is 46.4. The van der Waals surface area contributed by atoms with Crippen molar-refractivity contribution in [3.05, 3.63) is 64.7 Å². The molecule has 0 N–H and O–H groups in total. The number of aromatic nitrogens is 5. The summed E-state index contributed by atoms with van der Waals surface area (Å²) in [6.07, 6.45) is -4.75. The lowest BCUT2D eigenvalue weighted by molar-refractivity contribution is -0.153. The third-order valence-corrected chi connectivity index (χ3v) is 4.17. The zero-order valence-corrected chi connectivity index (χ0v) is 14.6. The molecule has 0 saturated heterocycles. The summed E-state index contributed by atoms with van der Waals surface area (Å²) in [4.78, 5) is 28.1. The molecular weight excluding hydrogens is 391 g/mol. The van der Waals surface area contributed by atoms with Gasteiger partial charge in [0.2, 0.25) is 5.82 Å². The minimum absolute atomic E-state index is 0.101. The van der Waals surface area contributed by atoms with E-state index < -0.39 is 36.8 Å². The number of carbonyl (C=O) groups is 1. The van der Waals surface area contributed by atoms with Crippen molar-refractivity contribution in [2.75, 3.05) is 0 Å². The van der Waals surface area contributed by atoms with Crippen LogP contribution in [-0.2, 0) is 29.0 Å². The Hall–Kier alpha value is -3.76. The van der Waals surface area contributed by atoms with Crippen LogP contribution in [0.1, 0.15) is 5.82 Å². The Morgan fingerprint density at radius 2 is 1.72 bits per heavy atom. The fourth-order valence-corrected chi connectivity index (χ4v) is 2.87. The molecule has 0 aliphatic carbocycles. The van der Waals surface area contributed by atoms with Crippen molar-refractivity contribution in [3.8, 4) is 0 Å². The number of halogens is 3. The smallest absolute Gasteiger partial charge is 0.441 e. The highest BCUT2D eigenvalue weighted by molar-refractivity contribution is 5.79. The molecule has 4 aromatic rings. The summed E-state index contributed by atoms with van der Waals surface area (Å²) in [5, 5.41) is 7.78. The molecule has 2 aromatic heterocycles. The molecule has 0 saturated carbocycles. The standard InChI is InChI=1S/C18H12F3N5O3/c19-18(20,21)17-22-13-7-3-4-8-14(13)25(17)9-15(27)29-10-26-16(28)11-5-1-2-6-12(11)23-24-26/h1-8H,9-10H2. The third kappa shape index (κ3) is 3.53. The van der Waals surface area contributed by atoms with Gasteiger partial charge in [0.05, 0.1) is 16.4 Å². The predicted molar refractivity (Wildman–Crippen MR) is 94.6 cm³/mol. The van der Waals surface area contributed by atoms with E-state index >= 15 is 0 Å². The molecule has 148 valence electrons. The average molecular weight is 403 g/mol. The first-order chi connectivity index (χ1) is 13.8. The normalized spacial score (nSPS) is 11.8. The van der Waals surface area contributed by atoms with E-state index in [9.17, 15) is 22.8 Å². The zero-order chi connectivity index (χ0) is 20.6. The SMILES string of the molecule is O=C(Cn1c(C(F)(F)F)nc2ccccc21)OCn1nnc2ccccc2c1=O. The maximum absolute atomic E-state index is 13.3. The molecule has 0 amide bonds. The molecule has 2 heterocycles. The number of para-hydroxylation sites is 2. The topological polar surface area (TPSA) is 91.9 Å². The van der Waals surface area contributed by atoms with Crippen molar-refractivity contribution in [2.45, 2.75) is 19.5 Å². The first-order valence-electron chi connectivity index (χ1n) is 8.35. The second-order valence-corrected chi connectivity index (χ2v) is 6.06. The van der Waals surface area contributed by atoms with Gasteiger partial charge in [-0.05, 0) is 24.3 Å². The maximum Gasteiger partial charge on any atom is 0.449 e. The number of alkyl halides is 3. The van der Waals surface area contributed by atoms with Crippen molar-refractivity contribution in [3.63, 3.8) is 0 Å². The fourth-order valence-electron chi connectivity index (χ4n) is 2.87. The first-order valence-corrected chi connectivity index (χ1v) is 8.35. The molecule has 0 aliphatic heterocycles. The van der Waals surface area contributed by atoms with Gasteiger partial charge in [0.25, 0.3) is 5.56 Å². The lowest BCUT2D eigenvalue weighted by Gasteiger charge is -2.11. The molecule has 11 heteroatoms. The largest absolute Gasteiger partial charge is 0.449 e. The van der Waals surface area contributed by atoms with Crippen molar-refractivity contribution in [1.29, 1.82) is 0 Å². The van der Waals surface area contributed by atoms with Crippen LogP contribution < -0.4 is 5.56 Å². The molecule has 29 heavy (non-hydrogen) atoms. The van der Waals surface area contributed by atoms with E-state index in [0.717, 1.165) is 9.25 Å². The van der Waals surface area contributed by atoms with Gasteiger partial charge in [-0.15, -0.1) is 5.10 Å². The van der Waals surface area contributed by atoms with Crippen LogP contribution >= 0.6 is 0 Å². The Kier molecular flexibility index (Phi) is 4.49. The predicted octanol–water partition coefficient (Wildman–Crippen LogP) is 2.36. The van der Waals surface area contributed by atoms with Crippen molar-refractivity contribution < 1.29 is 22.7 Å². The fraction of sp³-hybridized carbons (Fsp3) is 0.167. The Morgan fingerprint density at radius 1 is 1.03 bits per heavy atom. The Labute approximate surface area is 160 Å². The van der Waals surface area contributed by atoms with E-state index in [1.165, 1.54) is 24.3 Å². The second-order valence-electron chi connectivity index (χ2n) is 6.06. The number of carbonyl (C=O) groups excluding carboxylic acids is 1. The Balaban J connectivity index is 1.57. The van der Waals surface area contributed by atoms with Crippen molar-refractivity contribution >= 4 is 27.9 Å². The van der Waals surface area contributed by atoms with Crippen LogP contribution in [0.15, 0.2) is 53.3 Å². The van der Waals surface area contributed by atoms with Gasteiger partial charge in [0.1, 0.15) is 12.1 Å². The molecule has 0 bridgehead atoms. The average Bonchev–Trinajstić information content (AvgIpc) is 3.07. The van der Waals surface area contributed by atoms with Gasteiger partial charge in [-0.2, -0.15) is 17.9 Å². The van der Waals surface area contributed by atoms with E-state index in [2.05, 4.69) is 15.3 Å². The quantitative estimate of drug-likeness (QED) is 0.486. The van der Waals surface area contributed by atoms with E-state index in [4.69, 9.17) is 4.74 Å². The highest BCUT2D eigenvalue weighted by Gasteiger charge is 2.38. The van der Waals surface area contributed by atoms with E-state index in [1.54, 1.807) is 24.3 Å². The van der Waals surface area contributed by atoms with Crippen LogP contribution in [0.25, 0.3) is 21.9 Å². The number of fused-ring (bicyclic) bond motifs is 2. The molecule has 4 rings (SSSR count). The molecule has 0 radical (unpaired) electrons. The lowest BCUT2D eigenvalue weighted by atomic mass is 10.2. The van der Waals surface area contributed by atoms with Gasteiger partial charge in [0, 0.05) is 0 Å². The van der Waals surface area contributed by atoms with Gasteiger partial charge in [-0.1, -0.05) is 29.5 Å². The van der Waals surface area contributed by atoms with Gasteiger partial charge >= 0.3 is 12.1 Å². The summed E-state index contributed by atoms with van der Waals surface area (Å²) in [6.45, 7) is -1.31. The number of imidazole rings is 1. The molecule has 0 unspecified atom stereocenters. The van der Waals surface area contributed by atoms with Gasteiger partial charge in [0.15, 0.2) is 6.73 Å². The molecular formula is C18H12F3N5O3. The highest BCUT2D eigenvalue weighted by atomic mass is 19.4. The van der Waals surface area contributed by atoms with E-state index in [-0.39, 0.29) is 16.4 Å².